The van der Waals surface area contributed by atoms with E-state index in [9.17, 15) is 0 Å². The minimum absolute atomic E-state index is 0.340. The molecule has 14 heavy (non-hydrogen) atoms. The molecule has 0 aliphatic rings. The first-order valence-electron chi connectivity index (χ1n) is 3.96. The Hall–Kier alpha value is -1.62. The number of hydrogen-bond acceptors (Lipinski definition) is 5. The summed E-state index contributed by atoms with van der Waals surface area (Å²) in [4.78, 5) is 7.88. The van der Waals surface area contributed by atoms with Crippen molar-refractivity contribution in [2.75, 3.05) is 5.32 Å². The van der Waals surface area contributed by atoms with Crippen LogP contribution in [0.15, 0.2) is 29.2 Å². The molecule has 0 unspecified atom stereocenters. The predicted molar refractivity (Wildman–Crippen MR) is 50.9 cm³/mol. The summed E-state index contributed by atoms with van der Waals surface area (Å²) in [6, 6.07) is 1.76. The maximum atomic E-state index is 5.78. The number of halogens is 1. The number of aromatic nitrogens is 3. The Morgan fingerprint density at radius 3 is 2.86 bits per heavy atom. The number of anilines is 1. The molecule has 0 saturated heterocycles. The molecular weight excluding hydrogens is 204 g/mol. The second kappa shape index (κ2) is 4.06. The zero-order valence-electron chi connectivity index (χ0n) is 7.14. The summed E-state index contributed by atoms with van der Waals surface area (Å²) in [6.07, 6.45) is 4.67. The van der Waals surface area contributed by atoms with E-state index in [-0.39, 0.29) is 0 Å². The van der Waals surface area contributed by atoms with Crippen molar-refractivity contribution in [2.24, 2.45) is 0 Å². The van der Waals surface area contributed by atoms with Gasteiger partial charge in [0.15, 0.2) is 16.7 Å². The van der Waals surface area contributed by atoms with E-state index in [1.165, 1.54) is 6.20 Å². The first-order valence-corrected chi connectivity index (χ1v) is 4.34. The Labute approximate surface area is 85.1 Å². The molecule has 0 radical (unpaired) electrons. The summed E-state index contributed by atoms with van der Waals surface area (Å²) in [7, 11) is 0. The molecule has 2 heterocycles. The molecule has 6 heteroatoms. The minimum Gasteiger partial charge on any atom is -0.360 e. The lowest BCUT2D eigenvalue weighted by atomic mass is 10.4. The highest BCUT2D eigenvalue weighted by Crippen LogP contribution is 2.14. The Morgan fingerprint density at radius 1 is 1.29 bits per heavy atom. The van der Waals surface area contributed by atoms with Crippen LogP contribution in [0.2, 0.25) is 5.15 Å². The maximum absolute atomic E-state index is 5.78. The average molecular weight is 211 g/mol. The second-order valence-corrected chi connectivity index (χ2v) is 2.89. The molecule has 2 aromatic rings. The molecule has 2 aromatic heterocycles. The van der Waals surface area contributed by atoms with Crippen LogP contribution in [0.1, 0.15) is 5.76 Å². The van der Waals surface area contributed by atoms with Gasteiger partial charge in [-0.2, -0.15) is 0 Å². The van der Waals surface area contributed by atoms with Gasteiger partial charge in [-0.1, -0.05) is 16.8 Å². The van der Waals surface area contributed by atoms with E-state index in [0.717, 1.165) is 0 Å². The van der Waals surface area contributed by atoms with Gasteiger partial charge in [0.05, 0.1) is 12.7 Å². The molecule has 0 saturated carbocycles. The van der Waals surface area contributed by atoms with Crippen LogP contribution < -0.4 is 5.32 Å². The topological polar surface area (TPSA) is 63.8 Å². The van der Waals surface area contributed by atoms with E-state index >= 15 is 0 Å². The Kier molecular flexibility index (Phi) is 2.60. The van der Waals surface area contributed by atoms with Gasteiger partial charge in [0.1, 0.15) is 0 Å². The maximum Gasteiger partial charge on any atom is 0.171 e. The van der Waals surface area contributed by atoms with E-state index in [4.69, 9.17) is 16.1 Å². The van der Waals surface area contributed by atoms with Crippen LogP contribution in [0.25, 0.3) is 0 Å². The van der Waals surface area contributed by atoms with Gasteiger partial charge in [0.25, 0.3) is 0 Å². The van der Waals surface area contributed by atoms with Crippen LogP contribution in [-0.2, 0) is 6.54 Å². The van der Waals surface area contributed by atoms with E-state index in [1.807, 2.05) is 0 Å². The van der Waals surface area contributed by atoms with Crippen LogP contribution >= 0.6 is 11.6 Å². The predicted octanol–water partition coefficient (Wildman–Crippen LogP) is 1.73. The standard InChI is InChI=1S/C8H7ClN4O/c9-7-8(11-4-3-10-7)12-5-6-1-2-13-14-6/h1-4H,5H2,(H,11,12). The smallest absolute Gasteiger partial charge is 0.171 e. The summed E-state index contributed by atoms with van der Waals surface area (Å²) < 4.78 is 4.89. The van der Waals surface area contributed by atoms with Gasteiger partial charge >= 0.3 is 0 Å². The lowest BCUT2D eigenvalue weighted by Crippen LogP contribution is -2.01. The Morgan fingerprint density at radius 2 is 2.14 bits per heavy atom. The fraction of sp³-hybridized carbons (Fsp3) is 0.125. The summed E-state index contributed by atoms with van der Waals surface area (Å²) >= 11 is 5.78. The van der Waals surface area contributed by atoms with Crippen LogP contribution in [0, 0.1) is 0 Å². The third-order valence-electron chi connectivity index (χ3n) is 1.57. The average Bonchev–Trinajstić information content (AvgIpc) is 2.69. The number of nitrogens with one attached hydrogen (secondary N) is 1. The Bertz CT molecular complexity index is 403. The van der Waals surface area contributed by atoms with Crippen molar-refractivity contribution in [3.05, 3.63) is 35.6 Å². The molecular formula is C8H7ClN4O. The van der Waals surface area contributed by atoms with Crippen LogP contribution in [0.4, 0.5) is 5.82 Å². The largest absolute Gasteiger partial charge is 0.360 e. The molecule has 0 fully saturated rings. The molecule has 0 atom stereocenters. The molecule has 5 nitrogen and oxygen atoms in total. The van der Waals surface area contributed by atoms with Crippen LogP contribution in [0.3, 0.4) is 0 Å². The van der Waals surface area contributed by atoms with Crippen molar-refractivity contribution in [3.63, 3.8) is 0 Å². The monoisotopic (exact) mass is 210 g/mol. The van der Waals surface area contributed by atoms with Gasteiger partial charge in [-0.05, 0) is 0 Å². The van der Waals surface area contributed by atoms with Gasteiger partial charge in [0, 0.05) is 18.5 Å². The zero-order chi connectivity index (χ0) is 9.80. The van der Waals surface area contributed by atoms with Gasteiger partial charge in [-0.3, -0.25) is 0 Å². The third-order valence-corrected chi connectivity index (χ3v) is 1.85. The van der Waals surface area contributed by atoms with E-state index in [1.54, 1.807) is 18.5 Å². The van der Waals surface area contributed by atoms with Crippen LogP contribution in [-0.4, -0.2) is 15.1 Å². The SMILES string of the molecule is Clc1nccnc1NCc1ccno1. The van der Waals surface area contributed by atoms with Gasteiger partial charge < -0.3 is 9.84 Å². The van der Waals surface area contributed by atoms with Crippen molar-refractivity contribution >= 4 is 17.4 Å². The molecule has 0 bridgehead atoms. The number of rotatable bonds is 3. The van der Waals surface area contributed by atoms with Crippen molar-refractivity contribution in [1.82, 2.24) is 15.1 Å². The third kappa shape index (κ3) is 2.00. The summed E-state index contributed by atoms with van der Waals surface area (Å²) in [5.74, 6) is 1.25. The molecule has 0 aromatic carbocycles. The summed E-state index contributed by atoms with van der Waals surface area (Å²) in [6.45, 7) is 0.485. The lowest BCUT2D eigenvalue weighted by Gasteiger charge is -2.02. The van der Waals surface area contributed by atoms with Crippen molar-refractivity contribution in [2.45, 2.75) is 6.54 Å². The van der Waals surface area contributed by atoms with Crippen molar-refractivity contribution in [1.29, 1.82) is 0 Å². The number of nitrogens with zero attached hydrogens (tertiary/aromatic N) is 3. The van der Waals surface area contributed by atoms with Crippen molar-refractivity contribution in [3.8, 4) is 0 Å². The highest BCUT2D eigenvalue weighted by atomic mass is 35.5. The Balaban J connectivity index is 2.02. The van der Waals surface area contributed by atoms with E-state index in [0.29, 0.717) is 23.3 Å². The fourth-order valence-electron chi connectivity index (χ4n) is 0.944. The molecule has 0 amide bonds. The quantitative estimate of drug-likeness (QED) is 0.836. The van der Waals surface area contributed by atoms with Crippen molar-refractivity contribution < 1.29 is 4.52 Å². The zero-order valence-corrected chi connectivity index (χ0v) is 7.90. The molecule has 0 aliphatic heterocycles. The molecule has 2 rings (SSSR count). The summed E-state index contributed by atoms with van der Waals surface area (Å²) in [5.41, 5.74) is 0. The molecule has 1 N–H and O–H groups in total. The first-order chi connectivity index (χ1) is 6.86. The highest BCUT2D eigenvalue weighted by Gasteiger charge is 2.02. The highest BCUT2D eigenvalue weighted by molar-refractivity contribution is 6.31. The van der Waals surface area contributed by atoms with Crippen LogP contribution in [0.5, 0.6) is 0 Å². The molecule has 0 aliphatic carbocycles. The van der Waals surface area contributed by atoms with E-state index < -0.39 is 0 Å². The lowest BCUT2D eigenvalue weighted by molar-refractivity contribution is 0.388. The minimum atomic E-state index is 0.340. The van der Waals surface area contributed by atoms with Gasteiger partial charge in [-0.25, -0.2) is 9.97 Å². The molecule has 0 spiro atoms. The first kappa shape index (κ1) is 8.96. The number of hydrogen-bond donors (Lipinski definition) is 1. The van der Waals surface area contributed by atoms with Gasteiger partial charge in [0.2, 0.25) is 0 Å². The normalized spacial score (nSPS) is 10.1. The second-order valence-electron chi connectivity index (χ2n) is 2.53. The fourth-order valence-corrected chi connectivity index (χ4v) is 1.12. The van der Waals surface area contributed by atoms with Gasteiger partial charge in [-0.15, -0.1) is 0 Å². The summed E-state index contributed by atoms with van der Waals surface area (Å²) in [5, 5.41) is 6.89. The van der Waals surface area contributed by atoms with E-state index in [2.05, 4.69) is 20.4 Å². The molecule has 72 valence electrons.